The lowest BCUT2D eigenvalue weighted by molar-refractivity contribution is -0.127. The van der Waals surface area contributed by atoms with Gasteiger partial charge in [-0.2, -0.15) is 0 Å². The largest absolute Gasteiger partial charge is 0.337 e. The van der Waals surface area contributed by atoms with E-state index in [9.17, 15) is 13.2 Å². The minimum absolute atomic E-state index is 0.0360. The number of benzene rings is 2. The highest BCUT2D eigenvalue weighted by Crippen LogP contribution is 2.16. The zero-order valence-electron chi connectivity index (χ0n) is 17.2. The van der Waals surface area contributed by atoms with Crippen LogP contribution in [0.15, 0.2) is 59.5 Å². The Morgan fingerprint density at radius 2 is 1.60 bits per heavy atom. The topological polar surface area (TPSA) is 60.9 Å². The highest BCUT2D eigenvalue weighted by Gasteiger charge is 2.20. The Morgan fingerprint density at radius 3 is 2.17 bits per heavy atom. The highest BCUT2D eigenvalue weighted by molar-refractivity contribution is 7.89. The van der Waals surface area contributed by atoms with Gasteiger partial charge in [0.1, 0.15) is 0 Å². The first-order valence-corrected chi connectivity index (χ1v) is 11.5. The minimum Gasteiger partial charge on any atom is -0.337 e. The van der Waals surface area contributed by atoms with Gasteiger partial charge in [0.25, 0.3) is 0 Å². The van der Waals surface area contributed by atoms with E-state index in [-0.39, 0.29) is 10.8 Å². The van der Waals surface area contributed by atoms with Gasteiger partial charge in [-0.15, -0.1) is 0 Å². The van der Waals surface area contributed by atoms with Gasteiger partial charge >= 0.3 is 0 Å². The number of carbonyl (C=O) groups is 1. The molecule has 2 aromatic carbocycles. The normalized spacial score (nSPS) is 15.8. The van der Waals surface area contributed by atoms with Gasteiger partial charge < -0.3 is 4.90 Å². The van der Waals surface area contributed by atoms with Crippen LogP contribution in [0, 0.1) is 0 Å². The first-order valence-electron chi connectivity index (χ1n) is 9.72. The van der Waals surface area contributed by atoms with Crippen LogP contribution < -0.4 is 0 Å². The molecular formula is C22H26ClN3O3S. The van der Waals surface area contributed by atoms with E-state index in [1.54, 1.807) is 36.4 Å². The zero-order valence-corrected chi connectivity index (χ0v) is 18.7. The number of hydrogen-bond donors (Lipinski definition) is 0. The van der Waals surface area contributed by atoms with Crippen LogP contribution >= 0.6 is 11.6 Å². The molecule has 1 heterocycles. The van der Waals surface area contributed by atoms with E-state index in [1.807, 2.05) is 29.2 Å². The SMILES string of the molecule is CN(C)S(=O)(=O)c1ccc(/C=C/C(=O)N2CCN(Cc3ccc(Cl)cc3)CC2)cc1. The molecule has 0 unspecified atom stereocenters. The minimum atomic E-state index is -3.45. The zero-order chi connectivity index (χ0) is 21.7. The Kier molecular flexibility index (Phi) is 7.31. The summed E-state index contributed by atoms with van der Waals surface area (Å²) in [5.41, 5.74) is 1.99. The molecule has 1 aliphatic rings. The molecule has 0 N–H and O–H groups in total. The van der Waals surface area contributed by atoms with Gasteiger partial charge in [0.2, 0.25) is 15.9 Å². The van der Waals surface area contributed by atoms with Crippen LogP contribution in [0.1, 0.15) is 11.1 Å². The molecule has 1 amide bonds. The first-order chi connectivity index (χ1) is 14.3. The van der Waals surface area contributed by atoms with Gasteiger partial charge in [-0.1, -0.05) is 35.9 Å². The van der Waals surface area contributed by atoms with Crippen molar-refractivity contribution in [2.75, 3.05) is 40.3 Å². The third-order valence-electron chi connectivity index (χ3n) is 5.08. The van der Waals surface area contributed by atoms with Crippen molar-refractivity contribution in [2.24, 2.45) is 0 Å². The smallest absolute Gasteiger partial charge is 0.246 e. The molecule has 0 spiro atoms. The number of halogens is 1. The number of carbonyl (C=O) groups excluding carboxylic acids is 1. The number of nitrogens with zero attached hydrogens (tertiary/aromatic N) is 3. The van der Waals surface area contributed by atoms with Crippen LogP contribution in [-0.4, -0.2) is 68.7 Å². The summed E-state index contributed by atoms with van der Waals surface area (Å²) in [5.74, 6) is -0.0360. The van der Waals surface area contributed by atoms with Crippen molar-refractivity contribution in [1.82, 2.24) is 14.1 Å². The van der Waals surface area contributed by atoms with Gasteiger partial charge in [0.15, 0.2) is 0 Å². The molecular weight excluding hydrogens is 422 g/mol. The number of hydrogen-bond acceptors (Lipinski definition) is 4. The molecule has 8 heteroatoms. The summed E-state index contributed by atoms with van der Waals surface area (Å²) in [5, 5.41) is 0.731. The summed E-state index contributed by atoms with van der Waals surface area (Å²) in [7, 11) is -0.455. The second-order valence-corrected chi connectivity index (χ2v) is 10.0. The van der Waals surface area contributed by atoms with Gasteiger partial charge in [-0.25, -0.2) is 12.7 Å². The number of sulfonamides is 1. The number of rotatable bonds is 6. The Balaban J connectivity index is 1.52. The van der Waals surface area contributed by atoms with Crippen LogP contribution in [0.2, 0.25) is 5.02 Å². The molecule has 0 bridgehead atoms. The fourth-order valence-corrected chi connectivity index (χ4v) is 4.24. The van der Waals surface area contributed by atoms with E-state index in [0.717, 1.165) is 30.2 Å². The van der Waals surface area contributed by atoms with Crippen molar-refractivity contribution >= 4 is 33.6 Å². The molecule has 30 heavy (non-hydrogen) atoms. The fourth-order valence-electron chi connectivity index (χ4n) is 3.21. The third-order valence-corrected chi connectivity index (χ3v) is 7.16. The fraction of sp³-hybridized carbons (Fsp3) is 0.318. The summed E-state index contributed by atoms with van der Waals surface area (Å²) < 4.78 is 25.4. The van der Waals surface area contributed by atoms with Crippen molar-refractivity contribution in [2.45, 2.75) is 11.4 Å². The Labute approximate surface area is 183 Å². The molecule has 0 aromatic heterocycles. The highest BCUT2D eigenvalue weighted by atomic mass is 35.5. The lowest BCUT2D eigenvalue weighted by Gasteiger charge is -2.34. The maximum atomic E-state index is 12.5. The quantitative estimate of drug-likeness (QED) is 0.639. The lowest BCUT2D eigenvalue weighted by Crippen LogP contribution is -2.47. The van der Waals surface area contributed by atoms with E-state index in [1.165, 1.54) is 24.0 Å². The Morgan fingerprint density at radius 1 is 1.00 bits per heavy atom. The van der Waals surface area contributed by atoms with Crippen LogP contribution in [0.5, 0.6) is 0 Å². The van der Waals surface area contributed by atoms with Crippen molar-refractivity contribution in [1.29, 1.82) is 0 Å². The van der Waals surface area contributed by atoms with Crippen molar-refractivity contribution in [3.05, 3.63) is 70.8 Å². The monoisotopic (exact) mass is 447 g/mol. The summed E-state index contributed by atoms with van der Waals surface area (Å²) in [6, 6.07) is 14.3. The second kappa shape index (κ2) is 9.75. The predicted molar refractivity (Wildman–Crippen MR) is 120 cm³/mol. The average Bonchev–Trinajstić information content (AvgIpc) is 2.74. The van der Waals surface area contributed by atoms with Crippen molar-refractivity contribution in [3.8, 4) is 0 Å². The third kappa shape index (κ3) is 5.70. The van der Waals surface area contributed by atoms with E-state index >= 15 is 0 Å². The average molecular weight is 448 g/mol. The van der Waals surface area contributed by atoms with Crippen LogP contribution in [-0.2, 0) is 21.4 Å². The summed E-state index contributed by atoms with van der Waals surface area (Å²) in [4.78, 5) is 16.9. The van der Waals surface area contributed by atoms with E-state index < -0.39 is 10.0 Å². The molecule has 160 valence electrons. The summed E-state index contributed by atoms with van der Waals surface area (Å²) >= 11 is 5.93. The Hall–Kier alpha value is -2.19. The molecule has 6 nitrogen and oxygen atoms in total. The van der Waals surface area contributed by atoms with E-state index in [0.29, 0.717) is 13.1 Å². The van der Waals surface area contributed by atoms with E-state index in [4.69, 9.17) is 11.6 Å². The molecule has 1 fully saturated rings. The molecule has 0 atom stereocenters. The predicted octanol–water partition coefficient (Wildman–Crippen LogP) is 2.95. The van der Waals surface area contributed by atoms with E-state index in [2.05, 4.69) is 4.90 Å². The summed E-state index contributed by atoms with van der Waals surface area (Å²) in [6.07, 6.45) is 3.26. The van der Waals surface area contributed by atoms with Crippen molar-refractivity contribution in [3.63, 3.8) is 0 Å². The van der Waals surface area contributed by atoms with Gasteiger partial charge in [0.05, 0.1) is 4.90 Å². The second-order valence-electron chi connectivity index (χ2n) is 7.42. The molecule has 1 aliphatic heterocycles. The first kappa shape index (κ1) is 22.5. The van der Waals surface area contributed by atoms with Crippen LogP contribution in [0.4, 0.5) is 0 Å². The van der Waals surface area contributed by atoms with Gasteiger partial charge in [-0.05, 0) is 41.5 Å². The number of piperazine rings is 1. The van der Waals surface area contributed by atoms with Gasteiger partial charge in [0, 0.05) is 57.9 Å². The van der Waals surface area contributed by atoms with Crippen LogP contribution in [0.3, 0.4) is 0 Å². The lowest BCUT2D eigenvalue weighted by atomic mass is 10.2. The molecule has 1 saturated heterocycles. The van der Waals surface area contributed by atoms with Gasteiger partial charge in [-0.3, -0.25) is 9.69 Å². The van der Waals surface area contributed by atoms with Crippen molar-refractivity contribution < 1.29 is 13.2 Å². The molecule has 3 rings (SSSR count). The Bertz CT molecular complexity index is 995. The number of amides is 1. The molecule has 0 radical (unpaired) electrons. The summed E-state index contributed by atoms with van der Waals surface area (Å²) in [6.45, 7) is 3.84. The molecule has 0 aliphatic carbocycles. The molecule has 2 aromatic rings. The standard InChI is InChI=1S/C22H26ClN3O3S/c1-24(2)30(28,29)21-10-5-18(6-11-21)7-12-22(27)26-15-13-25(14-16-26)17-19-3-8-20(23)9-4-19/h3-12H,13-17H2,1-2H3/b12-7+. The molecule has 0 saturated carbocycles. The van der Waals surface area contributed by atoms with Crippen LogP contribution in [0.25, 0.3) is 6.08 Å². The maximum Gasteiger partial charge on any atom is 0.246 e. The maximum absolute atomic E-state index is 12.5.